The Bertz CT molecular complexity index is 1180. The molecule has 9 heteroatoms. The SMILES string of the molecule is C=CCn1c(CS(=O)(=O)c2ccc(C)cc2)nnc1SCc1ccc(C(=O)OCC)cc1. The lowest BCUT2D eigenvalue weighted by Gasteiger charge is -2.09. The zero-order chi connectivity index (χ0) is 23.1. The van der Waals surface area contributed by atoms with Gasteiger partial charge in [-0.25, -0.2) is 13.2 Å². The number of hydrogen-bond donors (Lipinski definition) is 0. The van der Waals surface area contributed by atoms with Gasteiger partial charge in [-0.15, -0.1) is 16.8 Å². The number of allylic oxidation sites excluding steroid dienone is 1. The van der Waals surface area contributed by atoms with Gasteiger partial charge in [0.2, 0.25) is 0 Å². The van der Waals surface area contributed by atoms with Crippen LogP contribution in [-0.2, 0) is 32.6 Å². The minimum atomic E-state index is -3.55. The maximum Gasteiger partial charge on any atom is 0.338 e. The van der Waals surface area contributed by atoms with Gasteiger partial charge >= 0.3 is 5.97 Å². The predicted octanol–water partition coefficient (Wildman–Crippen LogP) is 4.22. The van der Waals surface area contributed by atoms with Gasteiger partial charge in [0.15, 0.2) is 15.0 Å². The van der Waals surface area contributed by atoms with E-state index in [0.717, 1.165) is 11.1 Å². The number of benzene rings is 2. The normalized spacial score (nSPS) is 11.3. The van der Waals surface area contributed by atoms with Crippen molar-refractivity contribution in [2.24, 2.45) is 0 Å². The second-order valence-corrected chi connectivity index (χ2v) is 10.0. The van der Waals surface area contributed by atoms with Gasteiger partial charge in [-0.05, 0) is 43.7 Å². The molecule has 0 aliphatic rings. The van der Waals surface area contributed by atoms with E-state index in [-0.39, 0.29) is 16.6 Å². The zero-order valence-corrected chi connectivity index (χ0v) is 19.7. The molecule has 3 rings (SSSR count). The summed E-state index contributed by atoms with van der Waals surface area (Å²) < 4.78 is 32.4. The predicted molar refractivity (Wildman–Crippen MR) is 124 cm³/mol. The lowest BCUT2D eigenvalue weighted by atomic mass is 10.1. The van der Waals surface area contributed by atoms with E-state index in [1.807, 2.05) is 19.1 Å². The van der Waals surface area contributed by atoms with Crippen molar-refractivity contribution < 1.29 is 17.9 Å². The molecule has 0 aliphatic heterocycles. The molecule has 1 heterocycles. The number of thioether (sulfide) groups is 1. The molecule has 0 atom stereocenters. The number of nitrogens with zero attached hydrogens (tertiary/aromatic N) is 3. The van der Waals surface area contributed by atoms with Crippen molar-refractivity contribution in [3.63, 3.8) is 0 Å². The highest BCUT2D eigenvalue weighted by molar-refractivity contribution is 7.98. The molecule has 168 valence electrons. The number of aromatic nitrogens is 3. The van der Waals surface area contributed by atoms with E-state index in [2.05, 4.69) is 16.8 Å². The molecular formula is C23H25N3O4S2. The van der Waals surface area contributed by atoms with Gasteiger partial charge < -0.3 is 9.30 Å². The summed E-state index contributed by atoms with van der Waals surface area (Å²) >= 11 is 1.44. The molecule has 7 nitrogen and oxygen atoms in total. The molecule has 0 saturated heterocycles. The summed E-state index contributed by atoms with van der Waals surface area (Å²) in [5, 5.41) is 8.94. The van der Waals surface area contributed by atoms with E-state index >= 15 is 0 Å². The summed E-state index contributed by atoms with van der Waals surface area (Å²) in [7, 11) is -3.55. The molecule has 2 aromatic carbocycles. The van der Waals surface area contributed by atoms with Gasteiger partial charge in [-0.2, -0.15) is 0 Å². The molecule has 3 aromatic rings. The van der Waals surface area contributed by atoms with Crippen LogP contribution in [-0.4, -0.2) is 35.8 Å². The van der Waals surface area contributed by atoms with Gasteiger partial charge in [0, 0.05) is 12.3 Å². The summed E-state index contributed by atoms with van der Waals surface area (Å²) in [5.41, 5.74) is 2.48. The van der Waals surface area contributed by atoms with E-state index in [1.54, 1.807) is 54.0 Å². The molecule has 0 bridgehead atoms. The lowest BCUT2D eigenvalue weighted by Crippen LogP contribution is -2.11. The average Bonchev–Trinajstić information content (AvgIpc) is 3.14. The van der Waals surface area contributed by atoms with Crippen molar-refractivity contribution in [1.29, 1.82) is 0 Å². The summed E-state index contributed by atoms with van der Waals surface area (Å²) in [6, 6.07) is 13.9. The summed E-state index contributed by atoms with van der Waals surface area (Å²) in [4.78, 5) is 12.0. The lowest BCUT2D eigenvalue weighted by molar-refractivity contribution is 0.0526. The van der Waals surface area contributed by atoms with Gasteiger partial charge in [0.25, 0.3) is 0 Å². The van der Waals surface area contributed by atoms with E-state index in [9.17, 15) is 13.2 Å². The standard InChI is InChI=1S/C23H25N3O4S2/c1-4-14-26-21(16-32(28,29)20-12-6-17(3)7-13-20)24-25-23(26)31-15-18-8-10-19(11-9-18)22(27)30-5-2/h4,6-13H,1,5,14-16H2,2-3H3. The third-order valence-electron chi connectivity index (χ3n) is 4.64. The van der Waals surface area contributed by atoms with Crippen molar-refractivity contribution >= 4 is 27.6 Å². The van der Waals surface area contributed by atoms with Crippen LogP contribution in [0.1, 0.15) is 34.2 Å². The first-order chi connectivity index (χ1) is 15.3. The average molecular weight is 472 g/mol. The van der Waals surface area contributed by atoms with Crippen LogP contribution in [0.3, 0.4) is 0 Å². The minimum absolute atomic E-state index is 0.244. The molecule has 0 amide bonds. The van der Waals surface area contributed by atoms with Crippen molar-refractivity contribution in [1.82, 2.24) is 14.8 Å². The van der Waals surface area contributed by atoms with Crippen LogP contribution in [0.25, 0.3) is 0 Å². The van der Waals surface area contributed by atoms with E-state index in [0.29, 0.717) is 35.4 Å². The zero-order valence-electron chi connectivity index (χ0n) is 18.0. The first-order valence-corrected chi connectivity index (χ1v) is 12.7. The summed E-state index contributed by atoms with van der Waals surface area (Å²) in [6.07, 6.45) is 1.68. The minimum Gasteiger partial charge on any atom is -0.462 e. The topological polar surface area (TPSA) is 91.1 Å². The number of esters is 1. The Balaban J connectivity index is 1.74. The number of carbonyl (C=O) groups excluding carboxylic acids is 1. The molecule has 0 radical (unpaired) electrons. The van der Waals surface area contributed by atoms with Crippen LogP contribution in [0.2, 0.25) is 0 Å². The van der Waals surface area contributed by atoms with E-state index in [4.69, 9.17) is 4.74 Å². The maximum atomic E-state index is 12.8. The highest BCUT2D eigenvalue weighted by atomic mass is 32.2. The molecule has 0 fully saturated rings. The summed E-state index contributed by atoms with van der Waals surface area (Å²) in [6.45, 7) is 8.17. The van der Waals surface area contributed by atoms with E-state index < -0.39 is 9.84 Å². The first-order valence-electron chi connectivity index (χ1n) is 10.0. The van der Waals surface area contributed by atoms with Crippen LogP contribution in [0.5, 0.6) is 0 Å². The smallest absolute Gasteiger partial charge is 0.338 e. The Morgan fingerprint density at radius 3 is 2.44 bits per heavy atom. The fourth-order valence-electron chi connectivity index (χ4n) is 2.94. The van der Waals surface area contributed by atoms with Gasteiger partial charge in [-0.3, -0.25) is 0 Å². The van der Waals surface area contributed by atoms with Gasteiger partial charge in [0.05, 0.1) is 17.1 Å². The van der Waals surface area contributed by atoms with Crippen molar-refractivity contribution in [2.75, 3.05) is 6.61 Å². The van der Waals surface area contributed by atoms with Crippen molar-refractivity contribution in [3.8, 4) is 0 Å². The second-order valence-electron chi connectivity index (χ2n) is 7.08. The Morgan fingerprint density at radius 1 is 1.12 bits per heavy atom. The highest BCUT2D eigenvalue weighted by Gasteiger charge is 2.21. The Kier molecular flexibility index (Phi) is 7.87. The van der Waals surface area contributed by atoms with Crippen LogP contribution in [0, 0.1) is 6.92 Å². The highest BCUT2D eigenvalue weighted by Crippen LogP contribution is 2.24. The maximum absolute atomic E-state index is 12.8. The Labute approximate surface area is 192 Å². The molecule has 0 aliphatic carbocycles. The molecule has 0 N–H and O–H groups in total. The molecule has 32 heavy (non-hydrogen) atoms. The largest absolute Gasteiger partial charge is 0.462 e. The number of sulfone groups is 1. The number of hydrogen-bond acceptors (Lipinski definition) is 7. The molecule has 0 unspecified atom stereocenters. The molecule has 0 spiro atoms. The molecular weight excluding hydrogens is 446 g/mol. The molecule has 1 aromatic heterocycles. The number of carbonyl (C=O) groups is 1. The van der Waals surface area contributed by atoms with Crippen LogP contribution >= 0.6 is 11.8 Å². The van der Waals surface area contributed by atoms with Crippen molar-refractivity contribution in [3.05, 3.63) is 83.7 Å². The third kappa shape index (κ3) is 5.86. The Morgan fingerprint density at radius 2 is 1.81 bits per heavy atom. The third-order valence-corrected chi connectivity index (χ3v) is 7.30. The fourth-order valence-corrected chi connectivity index (χ4v) is 5.14. The van der Waals surface area contributed by atoms with Gasteiger partial charge in [-0.1, -0.05) is 47.7 Å². The second kappa shape index (κ2) is 10.6. The number of aryl methyl sites for hydroxylation is 1. The number of rotatable bonds is 10. The van der Waals surface area contributed by atoms with Crippen molar-refractivity contribution in [2.45, 2.75) is 41.9 Å². The van der Waals surface area contributed by atoms with Crippen LogP contribution < -0.4 is 0 Å². The van der Waals surface area contributed by atoms with Crippen LogP contribution in [0.15, 0.2) is 71.2 Å². The fraction of sp³-hybridized carbons (Fsp3) is 0.261. The van der Waals surface area contributed by atoms with Crippen LogP contribution in [0.4, 0.5) is 0 Å². The van der Waals surface area contributed by atoms with Gasteiger partial charge in [0.1, 0.15) is 11.6 Å². The Hall–Kier alpha value is -2.91. The summed E-state index contributed by atoms with van der Waals surface area (Å²) in [5.74, 6) is 0.358. The first kappa shape index (κ1) is 23.7. The monoisotopic (exact) mass is 471 g/mol. The molecule has 0 saturated carbocycles. The quantitative estimate of drug-likeness (QED) is 0.248. The van der Waals surface area contributed by atoms with E-state index in [1.165, 1.54) is 11.8 Å². The number of ether oxygens (including phenoxy) is 1.